The van der Waals surface area contributed by atoms with Crippen molar-refractivity contribution in [2.24, 2.45) is 5.92 Å². The molecule has 86 valence electrons. The van der Waals surface area contributed by atoms with Crippen molar-refractivity contribution in [2.75, 3.05) is 13.1 Å². The van der Waals surface area contributed by atoms with E-state index in [0.717, 1.165) is 18.1 Å². The molecule has 2 nitrogen and oxygen atoms in total. The van der Waals surface area contributed by atoms with Crippen LogP contribution in [0.5, 0.6) is 5.75 Å². The fraction of sp³-hybridized carbons (Fsp3) is 0.571. The van der Waals surface area contributed by atoms with Crippen LogP contribution in [-0.4, -0.2) is 19.2 Å². The van der Waals surface area contributed by atoms with E-state index in [1.807, 2.05) is 0 Å². The molecule has 2 atom stereocenters. The molecular formula is C14H19NO. The van der Waals surface area contributed by atoms with Crippen molar-refractivity contribution in [3.63, 3.8) is 0 Å². The summed E-state index contributed by atoms with van der Waals surface area (Å²) in [5.74, 6) is 1.93. The minimum Gasteiger partial charge on any atom is -0.490 e. The van der Waals surface area contributed by atoms with Crippen LogP contribution in [0.3, 0.4) is 0 Å². The van der Waals surface area contributed by atoms with E-state index in [1.165, 1.54) is 37.1 Å². The van der Waals surface area contributed by atoms with Gasteiger partial charge in [-0.05, 0) is 50.4 Å². The molecule has 1 saturated heterocycles. The molecule has 2 aliphatic rings. The van der Waals surface area contributed by atoms with E-state index in [4.69, 9.17) is 4.74 Å². The largest absolute Gasteiger partial charge is 0.490 e. The lowest BCUT2D eigenvalue weighted by Gasteiger charge is -2.14. The first-order chi connectivity index (χ1) is 7.81. The fourth-order valence-corrected chi connectivity index (χ4v) is 2.87. The number of nitrogens with one attached hydrogen (secondary N) is 1. The molecule has 1 fully saturated rings. The smallest absolute Gasteiger partial charge is 0.123 e. The second-order valence-corrected chi connectivity index (χ2v) is 5.15. The maximum atomic E-state index is 6.00. The van der Waals surface area contributed by atoms with E-state index < -0.39 is 0 Å². The molecule has 2 heterocycles. The predicted molar refractivity (Wildman–Crippen MR) is 64.9 cm³/mol. The van der Waals surface area contributed by atoms with Crippen LogP contribution in [0.2, 0.25) is 0 Å². The molecule has 2 heteroatoms. The molecule has 16 heavy (non-hydrogen) atoms. The van der Waals surface area contributed by atoms with E-state index in [9.17, 15) is 0 Å². The quantitative estimate of drug-likeness (QED) is 0.820. The highest BCUT2D eigenvalue weighted by Gasteiger charge is 2.26. The number of ether oxygens (including phenoxy) is 1. The van der Waals surface area contributed by atoms with Gasteiger partial charge in [-0.2, -0.15) is 0 Å². The highest BCUT2D eigenvalue weighted by atomic mass is 16.5. The summed E-state index contributed by atoms with van der Waals surface area (Å²) in [4.78, 5) is 0. The highest BCUT2D eigenvalue weighted by molar-refractivity contribution is 5.40. The lowest BCUT2D eigenvalue weighted by Crippen LogP contribution is -2.19. The molecule has 2 aliphatic heterocycles. The van der Waals surface area contributed by atoms with Gasteiger partial charge in [0, 0.05) is 6.42 Å². The fourth-order valence-electron chi connectivity index (χ4n) is 2.87. The minimum atomic E-state index is 0.418. The van der Waals surface area contributed by atoms with Crippen LogP contribution in [0.15, 0.2) is 18.2 Å². The molecule has 1 aromatic rings. The van der Waals surface area contributed by atoms with E-state index in [0.29, 0.717) is 6.10 Å². The minimum absolute atomic E-state index is 0.418. The van der Waals surface area contributed by atoms with Crippen LogP contribution in [0, 0.1) is 12.8 Å². The number of benzene rings is 1. The van der Waals surface area contributed by atoms with Gasteiger partial charge in [-0.15, -0.1) is 0 Å². The summed E-state index contributed by atoms with van der Waals surface area (Å²) in [7, 11) is 0. The summed E-state index contributed by atoms with van der Waals surface area (Å²) in [6.45, 7) is 4.51. The lowest BCUT2D eigenvalue weighted by molar-refractivity contribution is 0.198. The van der Waals surface area contributed by atoms with Crippen molar-refractivity contribution in [2.45, 2.75) is 32.3 Å². The van der Waals surface area contributed by atoms with Gasteiger partial charge in [0.15, 0.2) is 0 Å². The van der Waals surface area contributed by atoms with E-state index in [1.54, 1.807) is 0 Å². The topological polar surface area (TPSA) is 21.3 Å². The number of rotatable bonds is 2. The van der Waals surface area contributed by atoms with Crippen LogP contribution in [0.4, 0.5) is 0 Å². The SMILES string of the molecule is Cc1ccc2c(c1)CC(CC1CCNC1)O2. The van der Waals surface area contributed by atoms with Crippen molar-refractivity contribution >= 4 is 0 Å². The average molecular weight is 217 g/mol. The molecule has 0 spiro atoms. The average Bonchev–Trinajstić information content (AvgIpc) is 2.86. The maximum absolute atomic E-state index is 6.00. The Hall–Kier alpha value is -1.02. The molecule has 0 aliphatic carbocycles. The van der Waals surface area contributed by atoms with E-state index >= 15 is 0 Å². The van der Waals surface area contributed by atoms with Crippen LogP contribution in [0.1, 0.15) is 24.0 Å². The van der Waals surface area contributed by atoms with Crippen LogP contribution >= 0.6 is 0 Å². The Morgan fingerprint density at radius 1 is 1.44 bits per heavy atom. The Kier molecular flexibility index (Phi) is 2.60. The molecule has 3 rings (SSSR count). The lowest BCUT2D eigenvalue weighted by atomic mass is 9.97. The van der Waals surface area contributed by atoms with Gasteiger partial charge in [-0.3, -0.25) is 0 Å². The molecule has 0 aromatic heterocycles. The van der Waals surface area contributed by atoms with Gasteiger partial charge in [0.1, 0.15) is 11.9 Å². The van der Waals surface area contributed by atoms with Crippen LogP contribution < -0.4 is 10.1 Å². The van der Waals surface area contributed by atoms with E-state index in [-0.39, 0.29) is 0 Å². The summed E-state index contributed by atoms with van der Waals surface area (Å²) in [6, 6.07) is 6.53. The standard InChI is InChI=1S/C14H19NO/c1-10-2-3-14-12(6-10)8-13(16-14)7-11-4-5-15-9-11/h2-3,6,11,13,15H,4-5,7-9H2,1H3. The van der Waals surface area contributed by atoms with Crippen molar-refractivity contribution in [1.82, 2.24) is 5.32 Å². The highest BCUT2D eigenvalue weighted by Crippen LogP contribution is 2.32. The second kappa shape index (κ2) is 4.10. The van der Waals surface area contributed by atoms with Gasteiger partial charge in [-0.25, -0.2) is 0 Å². The van der Waals surface area contributed by atoms with E-state index in [2.05, 4.69) is 30.4 Å². The molecule has 0 saturated carbocycles. The number of aryl methyl sites for hydroxylation is 1. The zero-order chi connectivity index (χ0) is 11.0. The zero-order valence-corrected chi connectivity index (χ0v) is 9.83. The monoisotopic (exact) mass is 217 g/mol. The summed E-state index contributed by atoms with van der Waals surface area (Å²) in [6.07, 6.45) is 4.05. The predicted octanol–water partition coefficient (Wildman–Crippen LogP) is 2.30. The van der Waals surface area contributed by atoms with Gasteiger partial charge in [0.2, 0.25) is 0 Å². The Morgan fingerprint density at radius 2 is 2.38 bits per heavy atom. The van der Waals surface area contributed by atoms with Crippen molar-refractivity contribution in [1.29, 1.82) is 0 Å². The van der Waals surface area contributed by atoms with Crippen LogP contribution in [-0.2, 0) is 6.42 Å². The van der Waals surface area contributed by atoms with Crippen molar-refractivity contribution < 1.29 is 4.74 Å². The second-order valence-electron chi connectivity index (χ2n) is 5.15. The zero-order valence-electron chi connectivity index (χ0n) is 9.83. The molecule has 1 N–H and O–H groups in total. The third-order valence-electron chi connectivity index (χ3n) is 3.72. The Balaban J connectivity index is 1.65. The first kappa shape index (κ1) is 10.2. The molecule has 0 radical (unpaired) electrons. The number of hydrogen-bond donors (Lipinski definition) is 1. The Bertz CT molecular complexity index is 382. The summed E-state index contributed by atoms with van der Waals surface area (Å²) in [5, 5.41) is 3.42. The molecular weight excluding hydrogens is 198 g/mol. The third-order valence-corrected chi connectivity index (χ3v) is 3.72. The normalized spacial score (nSPS) is 27.8. The van der Waals surface area contributed by atoms with Gasteiger partial charge in [0.05, 0.1) is 0 Å². The summed E-state index contributed by atoms with van der Waals surface area (Å²) < 4.78 is 6.00. The van der Waals surface area contributed by atoms with Gasteiger partial charge < -0.3 is 10.1 Å². The molecule has 1 aromatic carbocycles. The number of fused-ring (bicyclic) bond motifs is 1. The number of hydrogen-bond acceptors (Lipinski definition) is 2. The molecule has 2 unspecified atom stereocenters. The Labute approximate surface area is 97.0 Å². The summed E-state index contributed by atoms with van der Waals surface area (Å²) in [5.41, 5.74) is 2.74. The van der Waals surface area contributed by atoms with Gasteiger partial charge >= 0.3 is 0 Å². The Morgan fingerprint density at radius 3 is 3.19 bits per heavy atom. The third kappa shape index (κ3) is 1.94. The molecule has 0 bridgehead atoms. The van der Waals surface area contributed by atoms with Gasteiger partial charge in [-0.1, -0.05) is 17.7 Å². The maximum Gasteiger partial charge on any atom is 0.123 e. The van der Waals surface area contributed by atoms with Crippen LogP contribution in [0.25, 0.3) is 0 Å². The molecule has 0 amide bonds. The van der Waals surface area contributed by atoms with Crippen molar-refractivity contribution in [3.8, 4) is 5.75 Å². The first-order valence-corrected chi connectivity index (χ1v) is 6.28. The summed E-state index contributed by atoms with van der Waals surface area (Å²) >= 11 is 0. The first-order valence-electron chi connectivity index (χ1n) is 6.28. The van der Waals surface area contributed by atoms with Crippen molar-refractivity contribution in [3.05, 3.63) is 29.3 Å². The van der Waals surface area contributed by atoms with Gasteiger partial charge in [0.25, 0.3) is 0 Å².